The zero-order chi connectivity index (χ0) is 9.42. The molecule has 13 heavy (non-hydrogen) atoms. The molecule has 1 aromatic carbocycles. The average Bonchev–Trinajstić information content (AvgIpc) is 2.15. The molecule has 0 bridgehead atoms. The van der Waals surface area contributed by atoms with Crippen LogP contribution in [0, 0.1) is 6.10 Å². The van der Waals surface area contributed by atoms with Gasteiger partial charge < -0.3 is 15.3 Å². The van der Waals surface area contributed by atoms with Crippen molar-refractivity contribution in [3.8, 4) is 0 Å². The lowest BCUT2D eigenvalue weighted by Crippen LogP contribution is -2.25. The van der Waals surface area contributed by atoms with Crippen LogP contribution in [0.2, 0.25) is 0 Å². The second-order valence-electron chi connectivity index (χ2n) is 2.94. The van der Waals surface area contributed by atoms with Gasteiger partial charge in [-0.3, -0.25) is 0 Å². The molecule has 0 fully saturated rings. The van der Waals surface area contributed by atoms with Gasteiger partial charge in [-0.05, 0) is 17.2 Å². The summed E-state index contributed by atoms with van der Waals surface area (Å²) in [6.07, 6.45) is -0.0369. The fraction of sp³-hybridized carbons (Fsp3) is 0.100. The Hall–Kier alpha value is -1.32. The Morgan fingerprint density at radius 1 is 1.08 bits per heavy atom. The third kappa shape index (κ3) is 1.22. The first kappa shape index (κ1) is 8.29. The first-order valence-corrected chi connectivity index (χ1v) is 3.94. The zero-order valence-electron chi connectivity index (χ0n) is 6.81. The second-order valence-corrected chi connectivity index (χ2v) is 2.94. The van der Waals surface area contributed by atoms with Crippen LogP contribution in [0.5, 0.6) is 0 Å². The number of fused-ring (bicyclic) bond motifs is 1. The maximum absolute atomic E-state index is 9.47. The van der Waals surface area contributed by atoms with E-state index in [0.717, 1.165) is 0 Å². The maximum Gasteiger partial charge on any atom is 0.159 e. The van der Waals surface area contributed by atoms with Crippen LogP contribution >= 0.6 is 0 Å². The molecule has 3 nitrogen and oxygen atoms in total. The van der Waals surface area contributed by atoms with Crippen molar-refractivity contribution in [2.24, 2.45) is 0 Å². The van der Waals surface area contributed by atoms with E-state index in [9.17, 15) is 15.3 Å². The number of aliphatic hydroxyl groups excluding tert-OH is 3. The first-order chi connectivity index (χ1) is 6.20. The quantitative estimate of drug-likeness (QED) is 0.558. The summed E-state index contributed by atoms with van der Waals surface area (Å²) in [4.78, 5) is 0. The van der Waals surface area contributed by atoms with Gasteiger partial charge in [-0.2, -0.15) is 0 Å². The summed E-state index contributed by atoms with van der Waals surface area (Å²) in [7, 11) is 0. The minimum absolute atomic E-state index is 0.199. The standard InChI is InChI=1S/C10H9O3/c11-8-5-6-3-1-2-4-7(6)9(12)10(8)13/h1-5,10-13H. The highest BCUT2D eigenvalue weighted by molar-refractivity contribution is 5.63. The fourth-order valence-electron chi connectivity index (χ4n) is 1.38. The number of hydrogen-bond donors (Lipinski definition) is 3. The van der Waals surface area contributed by atoms with Gasteiger partial charge in [0.2, 0.25) is 0 Å². The third-order valence-electron chi connectivity index (χ3n) is 2.08. The number of rotatable bonds is 0. The lowest BCUT2D eigenvalue weighted by Gasteiger charge is -2.22. The average molecular weight is 177 g/mol. The SMILES string of the molecule is O[C]1c2ccccc2C=C(O)C1O. The van der Waals surface area contributed by atoms with Crippen molar-refractivity contribution in [3.63, 3.8) is 0 Å². The summed E-state index contributed by atoms with van der Waals surface area (Å²) in [5.74, 6) is -0.226. The molecule has 0 spiro atoms. The molecular formula is C10H9O3. The summed E-state index contributed by atoms with van der Waals surface area (Å²) in [5.41, 5.74) is 1.27. The van der Waals surface area contributed by atoms with E-state index in [-0.39, 0.29) is 11.9 Å². The highest BCUT2D eigenvalue weighted by Gasteiger charge is 2.29. The van der Waals surface area contributed by atoms with Crippen molar-refractivity contribution >= 4 is 6.08 Å². The fourth-order valence-corrected chi connectivity index (χ4v) is 1.38. The van der Waals surface area contributed by atoms with Crippen molar-refractivity contribution in [3.05, 3.63) is 47.3 Å². The van der Waals surface area contributed by atoms with E-state index >= 15 is 0 Å². The van der Waals surface area contributed by atoms with Gasteiger partial charge in [0.15, 0.2) is 6.10 Å². The van der Waals surface area contributed by atoms with Crippen molar-refractivity contribution in [1.82, 2.24) is 0 Å². The van der Waals surface area contributed by atoms with Crippen LogP contribution in [-0.4, -0.2) is 21.4 Å². The number of hydrogen-bond acceptors (Lipinski definition) is 3. The van der Waals surface area contributed by atoms with Gasteiger partial charge in [-0.15, -0.1) is 0 Å². The van der Waals surface area contributed by atoms with Crippen LogP contribution in [0.25, 0.3) is 6.08 Å². The summed E-state index contributed by atoms with van der Waals surface area (Å²) in [6, 6.07) is 7.01. The first-order valence-electron chi connectivity index (χ1n) is 3.94. The molecule has 0 amide bonds. The maximum atomic E-state index is 9.47. The van der Waals surface area contributed by atoms with Gasteiger partial charge in [-0.25, -0.2) is 0 Å². The molecule has 0 heterocycles. The molecule has 2 rings (SSSR count). The van der Waals surface area contributed by atoms with E-state index in [1.54, 1.807) is 24.3 Å². The number of aliphatic hydroxyl groups is 3. The molecule has 1 aliphatic rings. The smallest absolute Gasteiger partial charge is 0.159 e. The molecule has 0 aliphatic heterocycles. The van der Waals surface area contributed by atoms with E-state index in [1.807, 2.05) is 0 Å². The lowest BCUT2D eigenvalue weighted by molar-refractivity contribution is 0.102. The Morgan fingerprint density at radius 2 is 1.77 bits per heavy atom. The van der Waals surface area contributed by atoms with Gasteiger partial charge in [0, 0.05) is 0 Å². The largest absolute Gasteiger partial charge is 0.509 e. The molecule has 3 heteroatoms. The highest BCUT2D eigenvalue weighted by Crippen LogP contribution is 2.29. The Bertz CT molecular complexity index is 357. The molecule has 1 aliphatic carbocycles. The Kier molecular flexibility index (Phi) is 1.83. The predicted octanol–water partition coefficient (Wildman–Crippen LogP) is 1.21. The molecule has 1 radical (unpaired) electrons. The second kappa shape index (κ2) is 2.87. The Morgan fingerprint density at radius 3 is 2.54 bits per heavy atom. The molecule has 67 valence electrons. The van der Waals surface area contributed by atoms with E-state index in [0.29, 0.717) is 11.1 Å². The Labute approximate surface area is 75.6 Å². The van der Waals surface area contributed by atoms with Crippen LogP contribution in [0.4, 0.5) is 0 Å². The van der Waals surface area contributed by atoms with Crippen LogP contribution in [-0.2, 0) is 0 Å². The third-order valence-corrected chi connectivity index (χ3v) is 2.08. The van der Waals surface area contributed by atoms with Crippen molar-refractivity contribution < 1.29 is 15.3 Å². The van der Waals surface area contributed by atoms with Gasteiger partial charge in [0.1, 0.15) is 11.9 Å². The van der Waals surface area contributed by atoms with E-state index in [2.05, 4.69) is 0 Å². The normalized spacial score (nSPS) is 22.3. The topological polar surface area (TPSA) is 60.7 Å². The van der Waals surface area contributed by atoms with Crippen LogP contribution in [0.3, 0.4) is 0 Å². The van der Waals surface area contributed by atoms with E-state index in [4.69, 9.17) is 0 Å². The molecule has 3 N–H and O–H groups in total. The van der Waals surface area contributed by atoms with Crippen LogP contribution in [0.1, 0.15) is 11.1 Å². The van der Waals surface area contributed by atoms with Gasteiger partial charge in [-0.1, -0.05) is 24.3 Å². The lowest BCUT2D eigenvalue weighted by atomic mass is 9.92. The van der Waals surface area contributed by atoms with Crippen molar-refractivity contribution in [2.75, 3.05) is 0 Å². The van der Waals surface area contributed by atoms with Gasteiger partial charge in [0.05, 0.1) is 0 Å². The minimum Gasteiger partial charge on any atom is -0.509 e. The van der Waals surface area contributed by atoms with Crippen LogP contribution in [0.15, 0.2) is 30.0 Å². The minimum atomic E-state index is -1.28. The molecule has 0 saturated heterocycles. The monoisotopic (exact) mass is 177 g/mol. The summed E-state index contributed by atoms with van der Waals surface area (Å²) in [6.45, 7) is 0. The summed E-state index contributed by atoms with van der Waals surface area (Å²) < 4.78 is 0. The van der Waals surface area contributed by atoms with Crippen molar-refractivity contribution in [1.29, 1.82) is 0 Å². The zero-order valence-corrected chi connectivity index (χ0v) is 6.81. The summed E-state index contributed by atoms with van der Waals surface area (Å²) in [5, 5.41) is 28.0. The van der Waals surface area contributed by atoms with E-state index < -0.39 is 6.10 Å². The van der Waals surface area contributed by atoms with E-state index in [1.165, 1.54) is 6.08 Å². The van der Waals surface area contributed by atoms with Gasteiger partial charge >= 0.3 is 0 Å². The molecule has 0 saturated carbocycles. The number of benzene rings is 1. The molecule has 0 aromatic heterocycles. The predicted molar refractivity (Wildman–Crippen MR) is 47.3 cm³/mol. The molecule has 1 aromatic rings. The van der Waals surface area contributed by atoms with Crippen molar-refractivity contribution in [2.45, 2.75) is 6.10 Å². The molecule has 1 unspecified atom stereocenters. The summed E-state index contributed by atoms with van der Waals surface area (Å²) >= 11 is 0. The van der Waals surface area contributed by atoms with Gasteiger partial charge in [0.25, 0.3) is 0 Å². The molecular weight excluding hydrogens is 168 g/mol. The highest BCUT2D eigenvalue weighted by atomic mass is 16.4. The Balaban J connectivity index is 2.56. The van der Waals surface area contributed by atoms with Crippen LogP contribution < -0.4 is 0 Å². The molecule has 1 atom stereocenters.